The minimum Gasteiger partial charge on any atom is -0.360 e. The Kier molecular flexibility index (Phi) is 4.63. The number of amides is 1. The van der Waals surface area contributed by atoms with Crippen molar-refractivity contribution in [3.63, 3.8) is 0 Å². The van der Waals surface area contributed by atoms with Crippen LogP contribution in [0, 0.1) is 0 Å². The second-order valence-corrected chi connectivity index (χ2v) is 8.32. The van der Waals surface area contributed by atoms with Gasteiger partial charge in [0.25, 0.3) is 11.7 Å². The Morgan fingerprint density at radius 1 is 1.12 bits per heavy atom. The molecule has 1 aromatic carbocycles. The molecule has 6 heteroatoms. The molecule has 2 aromatic heterocycles. The predicted octanol–water partition coefficient (Wildman–Crippen LogP) is 4.12. The van der Waals surface area contributed by atoms with Gasteiger partial charge in [-0.25, -0.2) is 0 Å². The van der Waals surface area contributed by atoms with Gasteiger partial charge in [-0.3, -0.25) is 9.59 Å². The number of nitrogens with zero attached hydrogens (tertiary/aromatic N) is 1. The zero-order valence-corrected chi connectivity index (χ0v) is 15.2. The molecule has 0 aliphatic carbocycles. The van der Waals surface area contributed by atoms with Crippen molar-refractivity contribution in [3.05, 3.63) is 58.4 Å². The summed E-state index contributed by atoms with van der Waals surface area (Å²) in [6.07, 6.45) is 2.53. The summed E-state index contributed by atoms with van der Waals surface area (Å²) in [5.41, 5.74) is 1.34. The number of benzene rings is 1. The van der Waals surface area contributed by atoms with E-state index in [4.69, 9.17) is 0 Å². The highest BCUT2D eigenvalue weighted by molar-refractivity contribution is 7.99. The molecule has 1 saturated heterocycles. The van der Waals surface area contributed by atoms with Crippen LogP contribution in [-0.2, 0) is 4.79 Å². The Morgan fingerprint density at radius 2 is 2.00 bits per heavy atom. The number of carbonyl (C=O) groups is 2. The third-order valence-corrected chi connectivity index (χ3v) is 6.96. The standard InChI is InChI=1S/C19H18N2O2S2/c22-18(14-12-20-15-5-2-1-4-13(14)15)19(23)21-8-7-17(25-11-9-21)16-6-3-10-24-16/h1-6,10,12,17,20H,7-9,11H2. The monoisotopic (exact) mass is 370 g/mol. The molecule has 1 unspecified atom stereocenters. The van der Waals surface area contributed by atoms with E-state index < -0.39 is 11.7 Å². The molecule has 3 heterocycles. The molecule has 1 atom stereocenters. The number of hydrogen-bond donors (Lipinski definition) is 1. The fourth-order valence-corrected chi connectivity index (χ4v) is 5.43. The maximum atomic E-state index is 12.7. The summed E-state index contributed by atoms with van der Waals surface area (Å²) in [5, 5.41) is 3.31. The van der Waals surface area contributed by atoms with Crippen molar-refractivity contribution >= 4 is 45.7 Å². The van der Waals surface area contributed by atoms with Crippen LogP contribution in [0.5, 0.6) is 0 Å². The number of aromatic amines is 1. The minimum atomic E-state index is -0.419. The molecule has 3 aromatic rings. The Balaban J connectivity index is 1.50. The molecule has 0 saturated carbocycles. The van der Waals surface area contributed by atoms with Crippen molar-refractivity contribution in [2.24, 2.45) is 0 Å². The first kappa shape index (κ1) is 16.4. The van der Waals surface area contributed by atoms with E-state index in [-0.39, 0.29) is 0 Å². The SMILES string of the molecule is O=C(C(=O)N1CCSC(c2cccs2)CC1)c1c[nH]c2ccccc12. The Bertz CT molecular complexity index is 901. The molecule has 1 aliphatic heterocycles. The molecule has 128 valence electrons. The lowest BCUT2D eigenvalue weighted by Crippen LogP contribution is -2.38. The van der Waals surface area contributed by atoms with Gasteiger partial charge in [-0.15, -0.1) is 11.3 Å². The van der Waals surface area contributed by atoms with Gasteiger partial charge in [-0.2, -0.15) is 11.8 Å². The van der Waals surface area contributed by atoms with E-state index in [1.165, 1.54) is 4.88 Å². The Morgan fingerprint density at radius 3 is 2.84 bits per heavy atom. The highest BCUT2D eigenvalue weighted by atomic mass is 32.2. The normalized spacial score (nSPS) is 18.2. The third kappa shape index (κ3) is 3.24. The van der Waals surface area contributed by atoms with Crippen LogP contribution in [0.2, 0.25) is 0 Å². The zero-order chi connectivity index (χ0) is 17.2. The van der Waals surface area contributed by atoms with E-state index >= 15 is 0 Å². The number of Topliss-reactive ketones (excluding diaryl/α,β-unsaturated/α-hetero) is 1. The van der Waals surface area contributed by atoms with E-state index in [1.807, 2.05) is 36.0 Å². The lowest BCUT2D eigenvalue weighted by Gasteiger charge is -2.19. The van der Waals surface area contributed by atoms with Crippen LogP contribution in [-0.4, -0.2) is 40.4 Å². The van der Waals surface area contributed by atoms with Crippen molar-refractivity contribution in [3.8, 4) is 0 Å². The summed E-state index contributed by atoms with van der Waals surface area (Å²) in [6, 6.07) is 11.8. The van der Waals surface area contributed by atoms with Crippen molar-refractivity contribution < 1.29 is 9.59 Å². The molecule has 0 bridgehead atoms. The maximum Gasteiger partial charge on any atom is 0.295 e. The summed E-state index contributed by atoms with van der Waals surface area (Å²) in [6.45, 7) is 1.25. The number of hydrogen-bond acceptors (Lipinski definition) is 4. The van der Waals surface area contributed by atoms with Gasteiger partial charge in [-0.05, 0) is 23.9 Å². The van der Waals surface area contributed by atoms with Crippen molar-refractivity contribution in [2.45, 2.75) is 11.7 Å². The smallest absolute Gasteiger partial charge is 0.295 e. The maximum absolute atomic E-state index is 12.7. The number of carbonyl (C=O) groups excluding carboxylic acids is 2. The quantitative estimate of drug-likeness (QED) is 0.557. The van der Waals surface area contributed by atoms with Crippen molar-refractivity contribution in [1.82, 2.24) is 9.88 Å². The highest BCUT2D eigenvalue weighted by Gasteiger charge is 2.28. The lowest BCUT2D eigenvalue weighted by atomic mass is 10.1. The van der Waals surface area contributed by atoms with E-state index in [0.29, 0.717) is 23.9 Å². The van der Waals surface area contributed by atoms with Gasteiger partial charge in [-0.1, -0.05) is 24.3 Å². The first-order valence-electron chi connectivity index (χ1n) is 8.29. The number of thiophene rings is 1. The number of rotatable bonds is 3. The van der Waals surface area contributed by atoms with E-state index in [0.717, 1.165) is 23.1 Å². The average molecular weight is 370 g/mol. The number of fused-ring (bicyclic) bond motifs is 1. The fourth-order valence-electron chi connectivity index (χ4n) is 3.19. The largest absolute Gasteiger partial charge is 0.360 e. The molecule has 0 spiro atoms. The summed E-state index contributed by atoms with van der Waals surface area (Å²) >= 11 is 3.63. The lowest BCUT2D eigenvalue weighted by molar-refractivity contribution is -0.126. The molecule has 4 rings (SSSR count). The molecule has 0 radical (unpaired) electrons. The fraction of sp³-hybridized carbons (Fsp3) is 0.263. The Hall–Kier alpha value is -2.05. The van der Waals surface area contributed by atoms with Crippen LogP contribution in [0.15, 0.2) is 48.0 Å². The first-order chi connectivity index (χ1) is 12.2. The second kappa shape index (κ2) is 7.06. The van der Waals surface area contributed by atoms with Crippen LogP contribution in [0.25, 0.3) is 10.9 Å². The molecule has 1 N–H and O–H groups in total. The number of para-hydroxylation sites is 1. The summed E-state index contributed by atoms with van der Waals surface area (Å²) in [7, 11) is 0. The van der Waals surface area contributed by atoms with Gasteiger partial charge in [0.15, 0.2) is 0 Å². The van der Waals surface area contributed by atoms with E-state index in [9.17, 15) is 9.59 Å². The van der Waals surface area contributed by atoms with Gasteiger partial charge in [0.1, 0.15) is 0 Å². The zero-order valence-electron chi connectivity index (χ0n) is 13.6. The van der Waals surface area contributed by atoms with Gasteiger partial charge < -0.3 is 9.88 Å². The second-order valence-electron chi connectivity index (χ2n) is 6.03. The predicted molar refractivity (Wildman–Crippen MR) is 103 cm³/mol. The molecule has 1 aliphatic rings. The van der Waals surface area contributed by atoms with Crippen LogP contribution >= 0.6 is 23.1 Å². The average Bonchev–Trinajstić information content (AvgIpc) is 3.26. The number of aromatic nitrogens is 1. The number of ketones is 1. The molecule has 1 amide bonds. The van der Waals surface area contributed by atoms with Crippen LogP contribution in [0.3, 0.4) is 0 Å². The molecular formula is C19H18N2O2S2. The van der Waals surface area contributed by atoms with Crippen LogP contribution in [0.4, 0.5) is 0 Å². The van der Waals surface area contributed by atoms with Gasteiger partial charge in [0.2, 0.25) is 0 Å². The van der Waals surface area contributed by atoms with Gasteiger partial charge in [0.05, 0.1) is 5.56 Å². The number of nitrogens with one attached hydrogen (secondary N) is 1. The molecule has 25 heavy (non-hydrogen) atoms. The highest BCUT2D eigenvalue weighted by Crippen LogP contribution is 2.36. The van der Waals surface area contributed by atoms with Crippen molar-refractivity contribution in [2.75, 3.05) is 18.8 Å². The number of thioether (sulfide) groups is 1. The van der Waals surface area contributed by atoms with E-state index in [1.54, 1.807) is 22.4 Å². The summed E-state index contributed by atoms with van der Waals surface area (Å²) < 4.78 is 0. The third-order valence-electron chi connectivity index (χ3n) is 4.52. The summed E-state index contributed by atoms with van der Waals surface area (Å²) in [5.74, 6) is 0.0457. The van der Waals surface area contributed by atoms with Crippen LogP contribution < -0.4 is 0 Å². The molecule has 1 fully saturated rings. The van der Waals surface area contributed by atoms with Crippen LogP contribution in [0.1, 0.15) is 26.9 Å². The van der Waals surface area contributed by atoms with Crippen molar-refractivity contribution in [1.29, 1.82) is 0 Å². The Labute approximate surface area is 154 Å². The molecular weight excluding hydrogens is 352 g/mol. The van der Waals surface area contributed by atoms with Gasteiger partial charge >= 0.3 is 0 Å². The van der Waals surface area contributed by atoms with E-state index in [2.05, 4.69) is 22.5 Å². The topological polar surface area (TPSA) is 53.2 Å². The first-order valence-corrected chi connectivity index (χ1v) is 10.2. The summed E-state index contributed by atoms with van der Waals surface area (Å²) in [4.78, 5) is 31.6. The number of H-pyrrole nitrogens is 1. The molecule has 4 nitrogen and oxygen atoms in total. The van der Waals surface area contributed by atoms with Gasteiger partial charge in [0, 0.05) is 46.1 Å². The minimum absolute atomic E-state index is 0.391.